The van der Waals surface area contributed by atoms with Crippen molar-refractivity contribution in [2.75, 3.05) is 25.5 Å². The molecule has 2 saturated heterocycles. The molecule has 0 unspecified atom stereocenters. The Morgan fingerprint density at radius 2 is 1.92 bits per heavy atom. The molecule has 0 spiro atoms. The van der Waals surface area contributed by atoms with Crippen molar-refractivity contribution in [2.24, 2.45) is 0 Å². The minimum absolute atomic E-state index is 0. The summed E-state index contributed by atoms with van der Waals surface area (Å²) in [5.41, 5.74) is 1.96. The summed E-state index contributed by atoms with van der Waals surface area (Å²) >= 11 is 0. The van der Waals surface area contributed by atoms with E-state index in [1.165, 1.54) is 4.90 Å². The quantitative estimate of drug-likeness (QED) is 0.402. The van der Waals surface area contributed by atoms with Crippen LogP contribution < -0.4 is 10.2 Å². The molecule has 0 saturated carbocycles. The van der Waals surface area contributed by atoms with Gasteiger partial charge >= 0.3 is 45.9 Å². The number of carbonyl (C=O) groups excluding carboxylic acids is 2. The molecule has 9 nitrogen and oxygen atoms in total. The number of nitrogens with zero attached hydrogens (tertiary/aromatic N) is 3. The number of hydrogen-bond donors (Lipinski definition) is 2. The second kappa shape index (κ2) is 7.73. The molecule has 1 aromatic rings. The first-order chi connectivity index (χ1) is 11.7. The molecule has 11 heteroatoms. The fourth-order valence-corrected chi connectivity index (χ4v) is 4.13. The molecule has 2 aliphatic rings. The number of β-lactam (4-membered cyclic amide) rings is 1. The number of rotatable bonds is 4. The summed E-state index contributed by atoms with van der Waals surface area (Å²) in [4.78, 5) is 27.5. The molecule has 2 atom stereocenters. The molecule has 0 aliphatic carbocycles. The van der Waals surface area contributed by atoms with Crippen molar-refractivity contribution in [2.45, 2.75) is 25.0 Å². The summed E-state index contributed by atoms with van der Waals surface area (Å²) in [6.45, 7) is 0.565. The standard InChI is InChI=1S/C15H20N4O5S.Na.H/c1-17(2)11-5-3-10(4-6-11)9-16-15(21)18-8-7-12-13(18)14(20)19(12)25(22,23)24;;/h3-6,12-13H,7-9H2,1-2H3,(H,16,21)(H,22,23,24);;/t12-,13+;;/m1../s1. The Labute approximate surface area is 174 Å². The van der Waals surface area contributed by atoms with Crippen LogP contribution in [-0.4, -0.2) is 96.4 Å². The van der Waals surface area contributed by atoms with Gasteiger partial charge in [0.2, 0.25) is 0 Å². The van der Waals surface area contributed by atoms with Gasteiger partial charge in [-0.1, -0.05) is 12.1 Å². The van der Waals surface area contributed by atoms with Gasteiger partial charge in [0.25, 0.3) is 5.91 Å². The van der Waals surface area contributed by atoms with Crippen LogP contribution in [0, 0.1) is 0 Å². The number of amides is 3. The molecular weight excluding hydrogens is 371 g/mol. The summed E-state index contributed by atoms with van der Waals surface area (Å²) in [7, 11) is -0.690. The summed E-state index contributed by atoms with van der Waals surface area (Å²) in [5, 5.41) is 2.74. The Morgan fingerprint density at radius 3 is 2.46 bits per heavy atom. The summed E-state index contributed by atoms with van der Waals surface area (Å²) in [6, 6.07) is 5.76. The van der Waals surface area contributed by atoms with Crippen molar-refractivity contribution in [1.82, 2.24) is 14.5 Å². The Hall–Kier alpha value is -1.33. The van der Waals surface area contributed by atoms with Crippen LogP contribution in [0.5, 0.6) is 0 Å². The molecule has 2 N–H and O–H groups in total. The zero-order valence-electron chi connectivity index (χ0n) is 13.9. The molecule has 138 valence electrons. The summed E-state index contributed by atoms with van der Waals surface area (Å²) in [5.74, 6) is -0.768. The number of fused-ring (bicyclic) bond motifs is 1. The van der Waals surface area contributed by atoms with Crippen molar-refractivity contribution in [3.8, 4) is 0 Å². The Morgan fingerprint density at radius 1 is 1.31 bits per heavy atom. The van der Waals surface area contributed by atoms with Crippen LogP contribution in [0.15, 0.2) is 24.3 Å². The fraction of sp³-hybridized carbons (Fsp3) is 0.467. The van der Waals surface area contributed by atoms with Gasteiger partial charge in [-0.05, 0) is 24.1 Å². The van der Waals surface area contributed by atoms with Crippen LogP contribution in [0.3, 0.4) is 0 Å². The van der Waals surface area contributed by atoms with Gasteiger partial charge in [0, 0.05) is 32.9 Å². The number of urea groups is 1. The Balaban J connectivity index is 0.00000243. The van der Waals surface area contributed by atoms with E-state index >= 15 is 0 Å². The molecule has 2 aliphatic heterocycles. The molecule has 1 aromatic carbocycles. The molecule has 3 amide bonds. The SMILES string of the molecule is CN(C)c1ccc(CNC(=O)N2CC[C@@H]3[C@H]2C(=O)N3S(=O)(=O)O)cc1.[NaH]. The van der Waals surface area contributed by atoms with Crippen LogP contribution >= 0.6 is 0 Å². The third kappa shape index (κ3) is 3.84. The van der Waals surface area contributed by atoms with Gasteiger partial charge in [-0.15, -0.1) is 0 Å². The van der Waals surface area contributed by atoms with Gasteiger partial charge < -0.3 is 15.1 Å². The zero-order valence-corrected chi connectivity index (χ0v) is 14.7. The fourth-order valence-electron chi connectivity index (χ4n) is 3.23. The van der Waals surface area contributed by atoms with Crippen LogP contribution in [0.1, 0.15) is 12.0 Å². The third-order valence-corrected chi connectivity index (χ3v) is 5.49. The first-order valence-electron chi connectivity index (χ1n) is 7.81. The molecule has 0 aromatic heterocycles. The molecule has 2 fully saturated rings. The molecule has 0 bridgehead atoms. The summed E-state index contributed by atoms with van der Waals surface area (Å²) in [6.07, 6.45) is 0.321. The van der Waals surface area contributed by atoms with Crippen molar-refractivity contribution >= 4 is 57.5 Å². The average molecular weight is 392 g/mol. The van der Waals surface area contributed by atoms with Gasteiger partial charge in [-0.3, -0.25) is 9.35 Å². The first kappa shape index (κ1) is 21.0. The first-order valence-corrected chi connectivity index (χ1v) is 9.21. The Kier molecular flexibility index (Phi) is 6.24. The van der Waals surface area contributed by atoms with Crippen LogP contribution in [0.4, 0.5) is 10.5 Å². The maximum atomic E-state index is 12.3. The monoisotopic (exact) mass is 392 g/mol. The van der Waals surface area contributed by atoms with Gasteiger partial charge in [0.1, 0.15) is 6.04 Å². The second-order valence-corrected chi connectivity index (χ2v) is 7.61. The molecule has 0 radical (unpaired) electrons. The van der Waals surface area contributed by atoms with E-state index in [9.17, 15) is 18.0 Å². The third-order valence-electron chi connectivity index (χ3n) is 4.54. The topological polar surface area (TPSA) is 110 Å². The van der Waals surface area contributed by atoms with E-state index in [0.29, 0.717) is 17.3 Å². The number of anilines is 1. The van der Waals surface area contributed by atoms with E-state index in [4.69, 9.17) is 4.55 Å². The number of nitrogens with one attached hydrogen (secondary N) is 1. The van der Waals surface area contributed by atoms with E-state index in [1.54, 1.807) is 0 Å². The van der Waals surface area contributed by atoms with Crippen LogP contribution in [0.2, 0.25) is 0 Å². The van der Waals surface area contributed by atoms with Crippen molar-refractivity contribution < 1.29 is 22.6 Å². The number of hydrogen-bond acceptors (Lipinski definition) is 5. The minimum atomic E-state index is -4.56. The van der Waals surface area contributed by atoms with Crippen molar-refractivity contribution in [1.29, 1.82) is 0 Å². The zero-order chi connectivity index (χ0) is 18.4. The second-order valence-electron chi connectivity index (χ2n) is 6.33. The van der Waals surface area contributed by atoms with Gasteiger partial charge in [-0.2, -0.15) is 8.42 Å². The summed E-state index contributed by atoms with van der Waals surface area (Å²) < 4.78 is 31.8. The normalized spacial score (nSPS) is 21.6. The van der Waals surface area contributed by atoms with Gasteiger partial charge in [0.15, 0.2) is 0 Å². The van der Waals surface area contributed by atoms with Crippen molar-refractivity contribution in [3.05, 3.63) is 29.8 Å². The molecule has 2 heterocycles. The van der Waals surface area contributed by atoms with E-state index in [-0.39, 0.29) is 36.1 Å². The van der Waals surface area contributed by atoms with Crippen molar-refractivity contribution in [3.63, 3.8) is 0 Å². The predicted octanol–water partition coefficient (Wildman–Crippen LogP) is -0.598. The Bertz CT molecular complexity index is 799. The van der Waals surface area contributed by atoms with E-state index in [0.717, 1.165) is 11.3 Å². The van der Waals surface area contributed by atoms with Gasteiger partial charge in [0.05, 0.1) is 6.04 Å². The van der Waals surface area contributed by atoms with Crippen LogP contribution in [0.25, 0.3) is 0 Å². The predicted molar refractivity (Wildman–Crippen MR) is 97.4 cm³/mol. The molecule has 3 rings (SSSR count). The number of benzene rings is 1. The maximum absolute atomic E-state index is 12.3. The van der Waals surface area contributed by atoms with E-state index in [2.05, 4.69) is 5.32 Å². The van der Waals surface area contributed by atoms with E-state index < -0.39 is 34.3 Å². The van der Waals surface area contributed by atoms with Gasteiger partial charge in [-0.25, -0.2) is 9.10 Å². The molecule has 26 heavy (non-hydrogen) atoms. The van der Waals surface area contributed by atoms with E-state index in [1.807, 2.05) is 43.3 Å². The molecular formula is C15H21N4NaO5S. The van der Waals surface area contributed by atoms with Crippen LogP contribution in [-0.2, 0) is 21.6 Å². The number of likely N-dealkylation sites (tertiary alicyclic amines) is 1. The number of carbonyl (C=O) groups is 2. The average Bonchev–Trinajstić information content (AvgIpc) is 2.90.